The molecule has 2 rings (SSSR count). The van der Waals surface area contributed by atoms with Gasteiger partial charge < -0.3 is 15.3 Å². The lowest BCUT2D eigenvalue weighted by molar-refractivity contribution is -0.137. The molecule has 0 spiro atoms. The van der Waals surface area contributed by atoms with Gasteiger partial charge in [-0.15, -0.1) is 0 Å². The molecule has 0 aromatic carbocycles. The Hall–Kier alpha value is -1.30. The van der Waals surface area contributed by atoms with E-state index in [4.69, 9.17) is 5.11 Å². The van der Waals surface area contributed by atoms with Gasteiger partial charge in [0.25, 0.3) is 0 Å². The Morgan fingerprint density at radius 3 is 2.80 bits per heavy atom. The smallest absolute Gasteiger partial charge is 0.317 e. The average Bonchev–Trinajstić information content (AvgIpc) is 2.72. The number of aliphatic carboxylic acids is 1. The highest BCUT2D eigenvalue weighted by Gasteiger charge is 2.30. The van der Waals surface area contributed by atoms with E-state index in [9.17, 15) is 9.59 Å². The summed E-state index contributed by atoms with van der Waals surface area (Å²) in [5.41, 5.74) is 0. The van der Waals surface area contributed by atoms with Crippen molar-refractivity contribution < 1.29 is 14.7 Å². The van der Waals surface area contributed by atoms with Gasteiger partial charge in [0.2, 0.25) is 0 Å². The van der Waals surface area contributed by atoms with Crippen molar-refractivity contribution in [3.05, 3.63) is 0 Å². The van der Waals surface area contributed by atoms with Crippen LogP contribution in [0, 0.1) is 5.92 Å². The van der Waals surface area contributed by atoms with Crippen LogP contribution in [0.1, 0.15) is 32.6 Å². The molecule has 2 atom stereocenters. The molecule has 20 heavy (non-hydrogen) atoms. The molecule has 2 fully saturated rings. The van der Waals surface area contributed by atoms with Crippen LogP contribution in [0.5, 0.6) is 0 Å². The minimum absolute atomic E-state index is 0.0357. The summed E-state index contributed by atoms with van der Waals surface area (Å²) in [6.45, 7) is 6.12. The van der Waals surface area contributed by atoms with E-state index in [1.54, 1.807) is 0 Å². The summed E-state index contributed by atoms with van der Waals surface area (Å²) in [6.07, 6.45) is 3.53. The fourth-order valence-corrected chi connectivity index (χ4v) is 3.13. The molecule has 2 amide bonds. The molecule has 0 aromatic heterocycles. The van der Waals surface area contributed by atoms with E-state index < -0.39 is 5.97 Å². The zero-order chi connectivity index (χ0) is 14.5. The van der Waals surface area contributed by atoms with E-state index in [2.05, 4.69) is 10.2 Å². The summed E-state index contributed by atoms with van der Waals surface area (Å²) in [5.74, 6) is -0.852. The molecule has 0 aliphatic carbocycles. The van der Waals surface area contributed by atoms with Crippen LogP contribution in [0.15, 0.2) is 0 Å². The number of fused-ring (bicyclic) bond motifs is 1. The number of carboxylic acid groups (broad SMARTS) is 1. The van der Waals surface area contributed by atoms with E-state index >= 15 is 0 Å². The highest BCUT2D eigenvalue weighted by Crippen LogP contribution is 2.21. The number of rotatable bonds is 4. The molecular weight excluding hydrogens is 258 g/mol. The second kappa shape index (κ2) is 6.92. The number of carbonyl (C=O) groups is 2. The van der Waals surface area contributed by atoms with Crippen molar-refractivity contribution >= 4 is 12.0 Å². The third-order valence-corrected chi connectivity index (χ3v) is 4.22. The van der Waals surface area contributed by atoms with E-state index in [0.29, 0.717) is 12.6 Å². The van der Waals surface area contributed by atoms with Crippen molar-refractivity contribution in [2.45, 2.75) is 38.6 Å². The Morgan fingerprint density at radius 1 is 1.30 bits per heavy atom. The lowest BCUT2D eigenvalue weighted by Crippen LogP contribution is -2.45. The summed E-state index contributed by atoms with van der Waals surface area (Å²) < 4.78 is 0. The molecule has 2 unspecified atom stereocenters. The number of nitrogens with zero attached hydrogens (tertiary/aromatic N) is 2. The highest BCUT2D eigenvalue weighted by molar-refractivity contribution is 5.74. The Kier molecular flexibility index (Phi) is 5.23. The second-order valence-corrected chi connectivity index (χ2v) is 6.02. The molecule has 0 saturated carbocycles. The van der Waals surface area contributed by atoms with Gasteiger partial charge >= 0.3 is 12.0 Å². The zero-order valence-electron chi connectivity index (χ0n) is 12.2. The predicted molar refractivity (Wildman–Crippen MR) is 75.6 cm³/mol. The van der Waals surface area contributed by atoms with Crippen molar-refractivity contribution in [3.8, 4) is 0 Å². The van der Waals surface area contributed by atoms with Crippen LogP contribution in [-0.2, 0) is 4.79 Å². The average molecular weight is 283 g/mol. The molecule has 2 N–H and O–H groups in total. The molecule has 2 heterocycles. The molecule has 0 bridgehead atoms. The maximum Gasteiger partial charge on any atom is 0.317 e. The predicted octanol–water partition coefficient (Wildman–Crippen LogP) is 0.977. The summed E-state index contributed by atoms with van der Waals surface area (Å²) in [5, 5.41) is 11.6. The number of carbonyl (C=O) groups excluding carboxylic acids is 1. The molecular formula is C14H25N3O3. The van der Waals surface area contributed by atoms with E-state index in [1.165, 1.54) is 12.8 Å². The van der Waals surface area contributed by atoms with Crippen LogP contribution in [0.3, 0.4) is 0 Å². The topological polar surface area (TPSA) is 72.9 Å². The summed E-state index contributed by atoms with van der Waals surface area (Å²) in [7, 11) is 0. The van der Waals surface area contributed by atoms with E-state index in [-0.39, 0.29) is 18.4 Å². The number of carboxylic acids is 1. The summed E-state index contributed by atoms with van der Waals surface area (Å²) >= 11 is 0. The van der Waals surface area contributed by atoms with Crippen LogP contribution < -0.4 is 5.32 Å². The molecule has 114 valence electrons. The van der Waals surface area contributed by atoms with Gasteiger partial charge in [-0.1, -0.05) is 6.92 Å². The van der Waals surface area contributed by atoms with Gasteiger partial charge in [-0.05, 0) is 31.7 Å². The van der Waals surface area contributed by atoms with Gasteiger partial charge in [0, 0.05) is 38.6 Å². The second-order valence-electron chi connectivity index (χ2n) is 6.02. The summed E-state index contributed by atoms with van der Waals surface area (Å²) in [4.78, 5) is 27.2. The monoisotopic (exact) mass is 283 g/mol. The third-order valence-electron chi connectivity index (χ3n) is 4.22. The Labute approximate surface area is 120 Å². The Balaban J connectivity index is 1.78. The molecule has 0 radical (unpaired) electrons. The van der Waals surface area contributed by atoms with Gasteiger partial charge in [0.1, 0.15) is 0 Å². The lowest BCUT2D eigenvalue weighted by atomic mass is 10.1. The van der Waals surface area contributed by atoms with Crippen molar-refractivity contribution in [1.82, 2.24) is 15.1 Å². The Bertz CT molecular complexity index is 362. The normalized spacial score (nSPS) is 24.9. The first kappa shape index (κ1) is 15.1. The number of hydrogen-bond acceptors (Lipinski definition) is 3. The molecule has 6 heteroatoms. The summed E-state index contributed by atoms with van der Waals surface area (Å²) in [6, 6.07) is 0.468. The highest BCUT2D eigenvalue weighted by atomic mass is 16.4. The maximum atomic E-state index is 12.2. The fraction of sp³-hybridized carbons (Fsp3) is 0.857. The van der Waals surface area contributed by atoms with Crippen molar-refractivity contribution in [2.24, 2.45) is 5.92 Å². The van der Waals surface area contributed by atoms with Crippen LogP contribution in [0.2, 0.25) is 0 Å². The van der Waals surface area contributed by atoms with Crippen molar-refractivity contribution in [1.29, 1.82) is 0 Å². The molecule has 2 aliphatic rings. The molecule has 0 aromatic rings. The SMILES string of the molecule is CC(CNC(=O)N1CCCN2CCCC2C1)CC(=O)O. The largest absolute Gasteiger partial charge is 0.481 e. The van der Waals surface area contributed by atoms with Crippen LogP contribution in [0.4, 0.5) is 4.79 Å². The van der Waals surface area contributed by atoms with Gasteiger partial charge in [-0.2, -0.15) is 0 Å². The number of amides is 2. The Morgan fingerprint density at radius 2 is 2.05 bits per heavy atom. The lowest BCUT2D eigenvalue weighted by Gasteiger charge is -2.26. The van der Waals surface area contributed by atoms with Crippen molar-refractivity contribution in [2.75, 3.05) is 32.7 Å². The maximum absolute atomic E-state index is 12.2. The minimum atomic E-state index is -0.817. The first-order valence-electron chi connectivity index (χ1n) is 7.55. The molecule has 2 saturated heterocycles. The van der Waals surface area contributed by atoms with Gasteiger partial charge in [0.15, 0.2) is 0 Å². The first-order chi connectivity index (χ1) is 9.56. The molecule has 6 nitrogen and oxygen atoms in total. The third kappa shape index (κ3) is 4.10. The minimum Gasteiger partial charge on any atom is -0.481 e. The fourth-order valence-electron chi connectivity index (χ4n) is 3.13. The van der Waals surface area contributed by atoms with Gasteiger partial charge in [-0.3, -0.25) is 9.69 Å². The quantitative estimate of drug-likeness (QED) is 0.806. The van der Waals surface area contributed by atoms with Gasteiger partial charge in [0.05, 0.1) is 0 Å². The van der Waals surface area contributed by atoms with Crippen LogP contribution >= 0.6 is 0 Å². The standard InChI is InChI=1S/C14H25N3O3/c1-11(8-13(18)19)9-15-14(20)17-7-3-6-16-5-2-4-12(16)10-17/h11-12H,2-10H2,1H3,(H,15,20)(H,18,19). The van der Waals surface area contributed by atoms with Crippen molar-refractivity contribution in [3.63, 3.8) is 0 Å². The number of urea groups is 1. The number of nitrogens with one attached hydrogen (secondary N) is 1. The molecule has 2 aliphatic heterocycles. The van der Waals surface area contributed by atoms with E-state index in [0.717, 1.165) is 32.6 Å². The number of hydrogen-bond donors (Lipinski definition) is 2. The van der Waals surface area contributed by atoms with Crippen LogP contribution in [-0.4, -0.2) is 65.7 Å². The first-order valence-corrected chi connectivity index (χ1v) is 7.55. The zero-order valence-corrected chi connectivity index (χ0v) is 12.2. The van der Waals surface area contributed by atoms with Gasteiger partial charge in [-0.25, -0.2) is 4.79 Å². The van der Waals surface area contributed by atoms with Crippen LogP contribution in [0.25, 0.3) is 0 Å². The van der Waals surface area contributed by atoms with E-state index in [1.807, 2.05) is 11.8 Å².